The van der Waals surface area contributed by atoms with Gasteiger partial charge in [0.2, 0.25) is 0 Å². The zero-order chi connectivity index (χ0) is 24.5. The molecular formula is C25H19F7O2. The van der Waals surface area contributed by atoms with Crippen LogP contribution in [-0.4, -0.2) is 6.61 Å². The summed E-state index contributed by atoms with van der Waals surface area (Å²) in [5.74, 6) is -7.24. The molecule has 0 amide bonds. The van der Waals surface area contributed by atoms with Crippen molar-refractivity contribution >= 4 is 0 Å². The Labute approximate surface area is 190 Å². The summed E-state index contributed by atoms with van der Waals surface area (Å²) in [4.78, 5) is 0. The van der Waals surface area contributed by atoms with Crippen molar-refractivity contribution in [3.05, 3.63) is 83.2 Å². The first-order valence-corrected chi connectivity index (χ1v) is 10.6. The third-order valence-electron chi connectivity index (χ3n) is 5.68. The van der Waals surface area contributed by atoms with E-state index in [1.807, 2.05) is 0 Å². The van der Waals surface area contributed by atoms with Crippen molar-refractivity contribution in [3.63, 3.8) is 0 Å². The second kappa shape index (κ2) is 9.56. The molecule has 0 bridgehead atoms. The third-order valence-corrected chi connectivity index (χ3v) is 5.68. The lowest BCUT2D eigenvalue weighted by Crippen LogP contribution is -2.25. The van der Waals surface area contributed by atoms with Crippen molar-refractivity contribution in [3.8, 4) is 22.6 Å². The van der Waals surface area contributed by atoms with Gasteiger partial charge in [0.15, 0.2) is 11.6 Å². The Kier molecular flexibility index (Phi) is 6.72. The molecule has 9 heteroatoms. The van der Waals surface area contributed by atoms with Crippen molar-refractivity contribution in [1.82, 2.24) is 0 Å². The molecule has 0 heterocycles. The van der Waals surface area contributed by atoms with Crippen LogP contribution in [0.5, 0.6) is 11.5 Å². The highest BCUT2D eigenvalue weighted by atomic mass is 19.3. The Morgan fingerprint density at radius 1 is 0.706 bits per heavy atom. The van der Waals surface area contributed by atoms with E-state index in [1.165, 1.54) is 12.1 Å². The molecule has 1 aliphatic carbocycles. The summed E-state index contributed by atoms with van der Waals surface area (Å²) in [6, 6.07) is 6.34. The number of rotatable bonds is 7. The predicted molar refractivity (Wildman–Crippen MR) is 110 cm³/mol. The summed E-state index contributed by atoms with van der Waals surface area (Å²) in [7, 11) is 0. The third kappa shape index (κ3) is 5.13. The van der Waals surface area contributed by atoms with Gasteiger partial charge in [-0.2, -0.15) is 8.78 Å². The Morgan fingerprint density at radius 3 is 1.94 bits per heavy atom. The van der Waals surface area contributed by atoms with Crippen molar-refractivity contribution in [2.24, 2.45) is 5.92 Å². The fourth-order valence-corrected chi connectivity index (χ4v) is 3.96. The van der Waals surface area contributed by atoms with E-state index in [9.17, 15) is 30.7 Å². The first kappa shape index (κ1) is 23.9. The van der Waals surface area contributed by atoms with Crippen molar-refractivity contribution in [1.29, 1.82) is 0 Å². The van der Waals surface area contributed by atoms with Crippen LogP contribution in [0.15, 0.2) is 48.5 Å². The number of ether oxygens (including phenoxy) is 2. The maximum atomic E-state index is 14.6. The molecule has 180 valence electrons. The molecule has 34 heavy (non-hydrogen) atoms. The van der Waals surface area contributed by atoms with Gasteiger partial charge in [-0.1, -0.05) is 12.8 Å². The number of benzene rings is 3. The van der Waals surface area contributed by atoms with Gasteiger partial charge < -0.3 is 9.47 Å². The van der Waals surface area contributed by atoms with Gasteiger partial charge in [-0.05, 0) is 60.7 Å². The topological polar surface area (TPSA) is 18.5 Å². The minimum atomic E-state index is -4.56. The number of hydrogen-bond acceptors (Lipinski definition) is 2. The monoisotopic (exact) mass is 484 g/mol. The zero-order valence-corrected chi connectivity index (χ0v) is 17.7. The first-order chi connectivity index (χ1) is 16.1. The molecule has 3 aromatic carbocycles. The predicted octanol–water partition coefficient (Wildman–Crippen LogP) is 7.75. The van der Waals surface area contributed by atoms with E-state index in [0.717, 1.165) is 31.7 Å². The number of hydrogen-bond donors (Lipinski definition) is 0. The highest BCUT2D eigenvalue weighted by Crippen LogP contribution is 2.38. The molecule has 0 N–H and O–H groups in total. The largest absolute Gasteiger partial charge is 0.493 e. The van der Waals surface area contributed by atoms with E-state index in [0.29, 0.717) is 42.9 Å². The molecule has 0 atom stereocenters. The maximum absolute atomic E-state index is 14.6. The Bertz CT molecular complexity index is 1170. The van der Waals surface area contributed by atoms with Crippen LogP contribution in [0.3, 0.4) is 0 Å². The Hall–Kier alpha value is -3.23. The fourth-order valence-electron chi connectivity index (χ4n) is 3.96. The molecule has 0 spiro atoms. The van der Waals surface area contributed by atoms with E-state index < -0.39 is 46.5 Å². The van der Waals surface area contributed by atoms with E-state index in [2.05, 4.69) is 4.74 Å². The lowest BCUT2D eigenvalue weighted by molar-refractivity contribution is -0.189. The van der Waals surface area contributed by atoms with Gasteiger partial charge in [-0.15, -0.1) is 0 Å². The van der Waals surface area contributed by atoms with E-state index in [-0.39, 0.29) is 16.9 Å². The van der Waals surface area contributed by atoms with Crippen molar-refractivity contribution in [2.45, 2.75) is 31.8 Å². The summed E-state index contributed by atoms with van der Waals surface area (Å²) < 4.78 is 109. The molecule has 0 unspecified atom stereocenters. The smallest absolute Gasteiger partial charge is 0.432 e. The lowest BCUT2D eigenvalue weighted by atomic mass is 10.0. The van der Waals surface area contributed by atoms with Gasteiger partial charge in [0.25, 0.3) is 0 Å². The molecule has 4 rings (SSSR count). The molecule has 1 aliphatic rings. The molecule has 0 aromatic heterocycles. The van der Waals surface area contributed by atoms with Crippen LogP contribution in [0.2, 0.25) is 0 Å². The molecule has 0 radical (unpaired) electrons. The summed E-state index contributed by atoms with van der Waals surface area (Å²) in [6.07, 6.45) is -0.238. The summed E-state index contributed by atoms with van der Waals surface area (Å²) in [6.45, 7) is 0.434. The van der Waals surface area contributed by atoms with Crippen LogP contribution in [0, 0.1) is 35.0 Å². The maximum Gasteiger partial charge on any atom is 0.432 e. The second-order valence-electron chi connectivity index (χ2n) is 8.11. The van der Waals surface area contributed by atoms with Crippen LogP contribution < -0.4 is 9.47 Å². The summed E-state index contributed by atoms with van der Waals surface area (Å²) in [5, 5.41) is 0. The lowest BCUT2D eigenvalue weighted by Gasteiger charge is -2.20. The van der Waals surface area contributed by atoms with Gasteiger partial charge in [0, 0.05) is 17.7 Å². The van der Waals surface area contributed by atoms with Gasteiger partial charge in [-0.25, -0.2) is 22.0 Å². The van der Waals surface area contributed by atoms with Gasteiger partial charge >= 0.3 is 6.11 Å². The average Bonchev–Trinajstić information content (AvgIpc) is 3.27. The molecule has 2 nitrogen and oxygen atoms in total. The van der Waals surface area contributed by atoms with E-state index in [4.69, 9.17) is 4.74 Å². The summed E-state index contributed by atoms with van der Waals surface area (Å²) >= 11 is 0. The Morgan fingerprint density at radius 2 is 1.32 bits per heavy atom. The molecule has 0 aliphatic heterocycles. The quantitative estimate of drug-likeness (QED) is 0.319. The van der Waals surface area contributed by atoms with Crippen LogP contribution in [0.25, 0.3) is 11.1 Å². The SMILES string of the molecule is Fc1ccc(OC(F)(F)c2c(F)cc(-c3ccc(OCC4CCCC4)cc3F)cc2F)cc1F. The fraction of sp³-hybridized carbons (Fsp3) is 0.280. The standard InChI is InChI=1S/C25H19F7O2/c26-19-8-6-17(12-21(19)28)34-25(31,32)24-22(29)9-15(10-23(24)30)18-7-5-16(11-20(18)27)33-13-14-3-1-2-4-14/h5-12,14H,1-4,13H2. The Balaban J connectivity index is 1.56. The summed E-state index contributed by atoms with van der Waals surface area (Å²) in [5.41, 5.74) is -2.29. The first-order valence-electron chi connectivity index (χ1n) is 10.6. The minimum absolute atomic E-state index is 0.220. The van der Waals surface area contributed by atoms with E-state index in [1.54, 1.807) is 0 Å². The van der Waals surface area contributed by atoms with Crippen LogP contribution >= 0.6 is 0 Å². The molecule has 3 aromatic rings. The molecule has 1 fully saturated rings. The zero-order valence-electron chi connectivity index (χ0n) is 17.7. The van der Waals surface area contributed by atoms with Crippen molar-refractivity contribution in [2.75, 3.05) is 6.61 Å². The van der Waals surface area contributed by atoms with Crippen LogP contribution in [-0.2, 0) is 6.11 Å². The molecule has 1 saturated carbocycles. The van der Waals surface area contributed by atoms with E-state index >= 15 is 0 Å². The van der Waals surface area contributed by atoms with Crippen molar-refractivity contribution < 1.29 is 40.2 Å². The minimum Gasteiger partial charge on any atom is -0.493 e. The van der Waals surface area contributed by atoms with Gasteiger partial charge in [-0.3, -0.25) is 0 Å². The van der Waals surface area contributed by atoms with Crippen LogP contribution in [0.4, 0.5) is 30.7 Å². The normalized spacial score (nSPS) is 14.4. The highest BCUT2D eigenvalue weighted by molar-refractivity contribution is 5.66. The average molecular weight is 484 g/mol. The number of halogens is 7. The van der Waals surface area contributed by atoms with Crippen LogP contribution in [0.1, 0.15) is 31.2 Å². The van der Waals surface area contributed by atoms with Gasteiger partial charge in [0.05, 0.1) is 6.61 Å². The highest BCUT2D eigenvalue weighted by Gasteiger charge is 2.41. The number of alkyl halides is 2. The second-order valence-corrected chi connectivity index (χ2v) is 8.11. The van der Waals surface area contributed by atoms with Gasteiger partial charge in [0.1, 0.15) is 34.5 Å². The molecular weight excluding hydrogens is 465 g/mol. The molecule has 0 saturated heterocycles.